The molecule has 0 aromatic heterocycles. The van der Waals surface area contributed by atoms with Crippen molar-refractivity contribution in [3.05, 3.63) is 24.3 Å². The molecule has 17 heavy (non-hydrogen) atoms. The van der Waals surface area contributed by atoms with E-state index in [2.05, 4.69) is 4.72 Å². The Balaban J connectivity index is 2.07. The molecule has 4 nitrogen and oxygen atoms in total. The summed E-state index contributed by atoms with van der Waals surface area (Å²) < 4.78 is 26.6. The third-order valence-corrected chi connectivity index (χ3v) is 4.46. The second-order valence-electron chi connectivity index (χ2n) is 4.70. The van der Waals surface area contributed by atoms with Crippen LogP contribution in [0.25, 0.3) is 0 Å². The molecule has 0 radical (unpaired) electrons. The number of hydrogen-bond acceptors (Lipinski definition) is 3. The largest absolute Gasteiger partial charge is 0.508 e. The molecule has 0 aliphatic heterocycles. The second kappa shape index (κ2) is 4.66. The van der Waals surface area contributed by atoms with Gasteiger partial charge in [0.05, 0.1) is 4.90 Å². The summed E-state index contributed by atoms with van der Waals surface area (Å²) in [6, 6.07) is 5.65. The predicted molar refractivity (Wildman–Crippen MR) is 65.2 cm³/mol. The van der Waals surface area contributed by atoms with Gasteiger partial charge in [0, 0.05) is 6.04 Å². The van der Waals surface area contributed by atoms with Crippen LogP contribution in [0.15, 0.2) is 29.2 Å². The zero-order valence-electron chi connectivity index (χ0n) is 9.76. The molecular formula is C12H17NO3S. The smallest absolute Gasteiger partial charge is 0.240 e. The number of nitrogens with one attached hydrogen (secondary N) is 1. The number of phenolic OH excluding ortho intramolecular Hbond substituents is 1. The predicted octanol–water partition coefficient (Wildman–Crippen LogP) is 1.86. The van der Waals surface area contributed by atoms with Gasteiger partial charge in [-0.25, -0.2) is 13.1 Å². The molecule has 1 aromatic rings. The van der Waals surface area contributed by atoms with E-state index in [1.54, 1.807) is 0 Å². The number of aromatic hydroxyl groups is 1. The van der Waals surface area contributed by atoms with Crippen molar-refractivity contribution in [2.24, 2.45) is 5.92 Å². The standard InChI is InChI=1S/C12H17NO3S/c1-9(7-10-5-6-10)13-17(15,16)12-4-2-3-11(14)8-12/h2-4,8-10,13-14H,5-7H2,1H3. The first-order valence-electron chi connectivity index (χ1n) is 5.79. The molecule has 1 unspecified atom stereocenters. The molecule has 0 saturated heterocycles. The molecule has 0 bridgehead atoms. The molecule has 94 valence electrons. The Morgan fingerprint density at radius 1 is 1.47 bits per heavy atom. The maximum absolute atomic E-state index is 12.0. The maximum atomic E-state index is 12.0. The fraction of sp³-hybridized carbons (Fsp3) is 0.500. The number of sulfonamides is 1. The first kappa shape index (κ1) is 12.4. The number of phenols is 1. The van der Waals surface area contributed by atoms with Crippen molar-refractivity contribution in [1.82, 2.24) is 4.72 Å². The highest BCUT2D eigenvalue weighted by molar-refractivity contribution is 7.89. The highest BCUT2D eigenvalue weighted by Gasteiger charge is 2.26. The van der Waals surface area contributed by atoms with Crippen molar-refractivity contribution in [3.8, 4) is 5.75 Å². The van der Waals surface area contributed by atoms with Gasteiger partial charge in [-0.2, -0.15) is 0 Å². The van der Waals surface area contributed by atoms with E-state index < -0.39 is 10.0 Å². The number of rotatable bonds is 5. The second-order valence-corrected chi connectivity index (χ2v) is 6.41. The van der Waals surface area contributed by atoms with E-state index in [-0.39, 0.29) is 16.7 Å². The Kier molecular flexibility index (Phi) is 3.40. The van der Waals surface area contributed by atoms with E-state index >= 15 is 0 Å². The Morgan fingerprint density at radius 3 is 2.76 bits per heavy atom. The molecule has 0 heterocycles. The Morgan fingerprint density at radius 2 is 2.18 bits per heavy atom. The minimum absolute atomic E-state index is 0.0391. The average Bonchev–Trinajstić information content (AvgIpc) is 3.00. The molecular weight excluding hydrogens is 238 g/mol. The van der Waals surface area contributed by atoms with Crippen LogP contribution in [0.1, 0.15) is 26.2 Å². The fourth-order valence-electron chi connectivity index (χ4n) is 1.89. The van der Waals surface area contributed by atoms with E-state index in [4.69, 9.17) is 0 Å². The van der Waals surface area contributed by atoms with Gasteiger partial charge in [0.15, 0.2) is 0 Å². The summed E-state index contributed by atoms with van der Waals surface area (Å²) in [4.78, 5) is 0.111. The minimum atomic E-state index is -3.51. The van der Waals surface area contributed by atoms with Crippen LogP contribution < -0.4 is 4.72 Å². The topological polar surface area (TPSA) is 66.4 Å². The summed E-state index contributed by atoms with van der Waals surface area (Å²) in [5.74, 6) is 0.639. The van der Waals surface area contributed by atoms with Gasteiger partial charge in [-0.1, -0.05) is 18.9 Å². The van der Waals surface area contributed by atoms with Gasteiger partial charge in [-0.15, -0.1) is 0 Å². The van der Waals surface area contributed by atoms with Crippen molar-refractivity contribution >= 4 is 10.0 Å². The third kappa shape index (κ3) is 3.44. The van der Waals surface area contributed by atoms with E-state index in [1.165, 1.54) is 37.1 Å². The summed E-state index contributed by atoms with van der Waals surface area (Å²) in [6.45, 7) is 1.87. The first-order chi connectivity index (χ1) is 7.97. The Bertz CT molecular complexity index is 494. The highest BCUT2D eigenvalue weighted by atomic mass is 32.2. The van der Waals surface area contributed by atoms with Crippen LogP contribution in [-0.2, 0) is 10.0 Å². The fourth-order valence-corrected chi connectivity index (χ4v) is 3.18. The summed E-state index contributed by atoms with van der Waals surface area (Å²) in [6.07, 6.45) is 3.30. The average molecular weight is 255 g/mol. The van der Waals surface area contributed by atoms with E-state index in [0.29, 0.717) is 5.92 Å². The quantitative estimate of drug-likeness (QED) is 0.844. The van der Waals surface area contributed by atoms with Crippen molar-refractivity contribution in [2.45, 2.75) is 37.1 Å². The van der Waals surface area contributed by atoms with Crippen molar-refractivity contribution in [1.29, 1.82) is 0 Å². The van der Waals surface area contributed by atoms with Crippen LogP contribution in [0.2, 0.25) is 0 Å². The summed E-state index contributed by atoms with van der Waals surface area (Å²) in [5, 5.41) is 9.27. The van der Waals surface area contributed by atoms with Gasteiger partial charge in [-0.3, -0.25) is 0 Å². The lowest BCUT2D eigenvalue weighted by molar-refractivity contribution is 0.472. The van der Waals surface area contributed by atoms with Gasteiger partial charge in [0.1, 0.15) is 5.75 Å². The minimum Gasteiger partial charge on any atom is -0.508 e. The molecule has 0 amide bonds. The molecule has 1 aromatic carbocycles. The molecule has 2 N–H and O–H groups in total. The highest BCUT2D eigenvalue weighted by Crippen LogP contribution is 2.33. The first-order valence-corrected chi connectivity index (χ1v) is 7.27. The lowest BCUT2D eigenvalue weighted by atomic mass is 10.2. The maximum Gasteiger partial charge on any atom is 0.240 e. The van der Waals surface area contributed by atoms with Gasteiger partial charge in [0.2, 0.25) is 10.0 Å². The normalized spacial score (nSPS) is 17.9. The van der Waals surface area contributed by atoms with Crippen molar-refractivity contribution in [2.75, 3.05) is 0 Å². The van der Waals surface area contributed by atoms with Crippen LogP contribution in [0.4, 0.5) is 0 Å². The van der Waals surface area contributed by atoms with Crippen LogP contribution in [-0.4, -0.2) is 19.6 Å². The Hall–Kier alpha value is -1.07. The van der Waals surface area contributed by atoms with Gasteiger partial charge in [0.25, 0.3) is 0 Å². The van der Waals surface area contributed by atoms with Crippen LogP contribution in [0.3, 0.4) is 0 Å². The van der Waals surface area contributed by atoms with E-state index in [1.807, 2.05) is 6.92 Å². The zero-order valence-corrected chi connectivity index (χ0v) is 10.6. The van der Waals surface area contributed by atoms with Crippen LogP contribution >= 0.6 is 0 Å². The number of hydrogen-bond donors (Lipinski definition) is 2. The zero-order chi connectivity index (χ0) is 12.5. The van der Waals surface area contributed by atoms with E-state index in [0.717, 1.165) is 6.42 Å². The molecule has 5 heteroatoms. The summed E-state index contributed by atoms with van der Waals surface area (Å²) in [7, 11) is -3.51. The Labute approximate surface area is 102 Å². The summed E-state index contributed by atoms with van der Waals surface area (Å²) >= 11 is 0. The summed E-state index contributed by atoms with van der Waals surface area (Å²) in [5.41, 5.74) is 0. The molecule has 1 aliphatic rings. The molecule has 1 fully saturated rings. The lowest BCUT2D eigenvalue weighted by Gasteiger charge is -2.13. The van der Waals surface area contributed by atoms with Crippen LogP contribution in [0.5, 0.6) is 5.75 Å². The van der Waals surface area contributed by atoms with Gasteiger partial charge in [-0.05, 0) is 37.5 Å². The molecule has 1 saturated carbocycles. The van der Waals surface area contributed by atoms with Gasteiger partial charge >= 0.3 is 0 Å². The monoisotopic (exact) mass is 255 g/mol. The van der Waals surface area contributed by atoms with Crippen LogP contribution in [0, 0.1) is 5.92 Å². The van der Waals surface area contributed by atoms with Gasteiger partial charge < -0.3 is 5.11 Å². The van der Waals surface area contributed by atoms with Crippen molar-refractivity contribution in [3.63, 3.8) is 0 Å². The molecule has 0 spiro atoms. The molecule has 2 rings (SSSR count). The lowest BCUT2D eigenvalue weighted by Crippen LogP contribution is -2.32. The molecule has 1 atom stereocenters. The third-order valence-electron chi connectivity index (χ3n) is 2.87. The number of benzene rings is 1. The van der Waals surface area contributed by atoms with E-state index in [9.17, 15) is 13.5 Å². The molecule has 1 aliphatic carbocycles. The SMILES string of the molecule is CC(CC1CC1)NS(=O)(=O)c1cccc(O)c1. The van der Waals surface area contributed by atoms with Crippen molar-refractivity contribution < 1.29 is 13.5 Å².